The zero-order chi connectivity index (χ0) is 17.1. The summed E-state index contributed by atoms with van der Waals surface area (Å²) in [7, 11) is 0. The van der Waals surface area contributed by atoms with Crippen molar-refractivity contribution in [2.75, 3.05) is 13.1 Å². The summed E-state index contributed by atoms with van der Waals surface area (Å²) < 4.78 is 2.56. The van der Waals surface area contributed by atoms with Crippen LogP contribution in [0.1, 0.15) is 71.3 Å². The monoisotopic (exact) mass is 331 g/mol. The molecule has 0 amide bonds. The summed E-state index contributed by atoms with van der Waals surface area (Å²) in [5.41, 5.74) is 1.50. The summed E-state index contributed by atoms with van der Waals surface area (Å²) in [5, 5.41) is 0. The average Bonchev–Trinajstić information content (AvgIpc) is 3.03. The van der Waals surface area contributed by atoms with Crippen LogP contribution in [0.25, 0.3) is 0 Å². The number of hydrogen-bond donors (Lipinski definition) is 0. The standard InChI is InChI=1S/C21H37N3/c1-5-16(3)19-9-12-24-20(14-19)15-22-21(24)13-18-7-10-23(11-8-18)17(4)6-2/h15-19H,5-14H2,1-4H3. The number of nitrogens with zero attached hydrogens (tertiary/aromatic N) is 3. The highest BCUT2D eigenvalue weighted by Gasteiger charge is 2.27. The van der Waals surface area contributed by atoms with Crippen molar-refractivity contribution in [1.82, 2.24) is 14.5 Å². The Balaban J connectivity index is 1.56. The van der Waals surface area contributed by atoms with Crippen LogP contribution in [-0.2, 0) is 19.4 Å². The summed E-state index contributed by atoms with van der Waals surface area (Å²) in [5.74, 6) is 3.92. The van der Waals surface area contributed by atoms with Crippen LogP contribution >= 0.6 is 0 Å². The fourth-order valence-corrected chi connectivity index (χ4v) is 4.65. The molecular formula is C21H37N3. The zero-order valence-corrected chi connectivity index (χ0v) is 16.3. The largest absolute Gasteiger partial charge is 0.332 e. The lowest BCUT2D eigenvalue weighted by Gasteiger charge is -2.36. The van der Waals surface area contributed by atoms with Gasteiger partial charge in [0, 0.05) is 30.9 Å². The fourth-order valence-electron chi connectivity index (χ4n) is 4.65. The third-order valence-electron chi connectivity index (χ3n) is 7.00. The topological polar surface area (TPSA) is 21.1 Å². The number of fused-ring (bicyclic) bond motifs is 1. The highest BCUT2D eigenvalue weighted by Crippen LogP contribution is 2.30. The molecule has 0 aromatic carbocycles. The average molecular weight is 332 g/mol. The molecule has 3 unspecified atom stereocenters. The van der Waals surface area contributed by atoms with Crippen LogP contribution in [0.2, 0.25) is 0 Å². The van der Waals surface area contributed by atoms with Crippen molar-refractivity contribution in [2.45, 2.75) is 85.2 Å². The van der Waals surface area contributed by atoms with Crippen LogP contribution in [0.3, 0.4) is 0 Å². The van der Waals surface area contributed by atoms with Crippen molar-refractivity contribution in [1.29, 1.82) is 0 Å². The second-order valence-electron chi connectivity index (χ2n) is 8.40. The van der Waals surface area contributed by atoms with Gasteiger partial charge in [-0.25, -0.2) is 4.98 Å². The molecular weight excluding hydrogens is 294 g/mol. The minimum Gasteiger partial charge on any atom is -0.332 e. The number of aromatic nitrogens is 2. The Labute approximate surface area is 148 Å². The van der Waals surface area contributed by atoms with E-state index in [1.807, 2.05) is 0 Å². The molecule has 2 aliphatic heterocycles. The van der Waals surface area contributed by atoms with Crippen molar-refractivity contribution in [2.24, 2.45) is 17.8 Å². The van der Waals surface area contributed by atoms with Gasteiger partial charge in [0.05, 0.1) is 0 Å². The van der Waals surface area contributed by atoms with Gasteiger partial charge < -0.3 is 9.47 Å². The van der Waals surface area contributed by atoms with E-state index in [2.05, 4.69) is 43.4 Å². The lowest BCUT2D eigenvalue weighted by Crippen LogP contribution is -2.40. The molecule has 2 aliphatic rings. The van der Waals surface area contributed by atoms with Gasteiger partial charge in [-0.2, -0.15) is 0 Å². The lowest BCUT2D eigenvalue weighted by molar-refractivity contribution is 0.136. The predicted molar refractivity (Wildman–Crippen MR) is 101 cm³/mol. The first-order chi connectivity index (χ1) is 11.6. The van der Waals surface area contributed by atoms with Gasteiger partial charge in [0.25, 0.3) is 0 Å². The SMILES string of the molecule is CCC(C)C1CCn2c(cnc2CC2CCN(C(C)CC)CC2)C1. The van der Waals surface area contributed by atoms with Crippen molar-refractivity contribution in [3.8, 4) is 0 Å². The van der Waals surface area contributed by atoms with E-state index in [-0.39, 0.29) is 0 Å². The summed E-state index contributed by atoms with van der Waals surface area (Å²) >= 11 is 0. The van der Waals surface area contributed by atoms with Gasteiger partial charge >= 0.3 is 0 Å². The van der Waals surface area contributed by atoms with E-state index >= 15 is 0 Å². The molecule has 3 atom stereocenters. The number of likely N-dealkylation sites (tertiary alicyclic amines) is 1. The molecule has 24 heavy (non-hydrogen) atoms. The van der Waals surface area contributed by atoms with Crippen LogP contribution < -0.4 is 0 Å². The normalized spacial score (nSPS) is 25.4. The molecule has 0 aliphatic carbocycles. The van der Waals surface area contributed by atoms with Crippen LogP contribution in [0.4, 0.5) is 0 Å². The molecule has 3 heterocycles. The lowest BCUT2D eigenvalue weighted by atomic mass is 9.83. The van der Waals surface area contributed by atoms with Gasteiger partial charge in [-0.05, 0) is 69.9 Å². The molecule has 0 radical (unpaired) electrons. The first-order valence-corrected chi connectivity index (χ1v) is 10.4. The highest BCUT2D eigenvalue weighted by molar-refractivity contribution is 5.10. The van der Waals surface area contributed by atoms with E-state index in [4.69, 9.17) is 4.98 Å². The minimum absolute atomic E-state index is 0.752. The second kappa shape index (κ2) is 8.03. The molecule has 136 valence electrons. The molecule has 1 aromatic heterocycles. The third kappa shape index (κ3) is 3.87. The maximum Gasteiger partial charge on any atom is 0.109 e. The Morgan fingerprint density at radius 1 is 1.08 bits per heavy atom. The van der Waals surface area contributed by atoms with Crippen molar-refractivity contribution in [3.63, 3.8) is 0 Å². The number of rotatable bonds is 6. The summed E-state index contributed by atoms with van der Waals surface area (Å²) in [6, 6.07) is 0.752. The molecule has 0 saturated carbocycles. The summed E-state index contributed by atoms with van der Waals surface area (Å²) in [6.07, 6.45) is 11.2. The van der Waals surface area contributed by atoms with Gasteiger partial charge in [-0.3, -0.25) is 0 Å². The van der Waals surface area contributed by atoms with Crippen LogP contribution in [-0.4, -0.2) is 33.6 Å². The first-order valence-electron chi connectivity index (χ1n) is 10.4. The van der Waals surface area contributed by atoms with E-state index in [9.17, 15) is 0 Å². The van der Waals surface area contributed by atoms with E-state index in [0.29, 0.717) is 0 Å². The smallest absolute Gasteiger partial charge is 0.109 e. The van der Waals surface area contributed by atoms with Crippen LogP contribution in [0.15, 0.2) is 6.20 Å². The third-order valence-corrected chi connectivity index (χ3v) is 7.00. The Morgan fingerprint density at radius 2 is 1.83 bits per heavy atom. The second-order valence-corrected chi connectivity index (χ2v) is 8.40. The fraction of sp³-hybridized carbons (Fsp3) is 0.857. The van der Waals surface area contributed by atoms with Gasteiger partial charge in [0.2, 0.25) is 0 Å². The molecule has 0 bridgehead atoms. The van der Waals surface area contributed by atoms with E-state index in [0.717, 1.165) is 23.8 Å². The number of piperidine rings is 1. The number of imidazole rings is 1. The zero-order valence-electron chi connectivity index (χ0n) is 16.3. The van der Waals surface area contributed by atoms with Gasteiger partial charge in [-0.15, -0.1) is 0 Å². The predicted octanol–water partition coefficient (Wildman–Crippen LogP) is 4.54. The van der Waals surface area contributed by atoms with E-state index in [1.54, 1.807) is 0 Å². The van der Waals surface area contributed by atoms with E-state index < -0.39 is 0 Å². The minimum atomic E-state index is 0.752. The molecule has 1 aromatic rings. The Hall–Kier alpha value is -0.830. The maximum absolute atomic E-state index is 4.83. The molecule has 1 saturated heterocycles. The van der Waals surface area contributed by atoms with Gasteiger partial charge in [0.15, 0.2) is 0 Å². The van der Waals surface area contributed by atoms with Gasteiger partial charge in [0.1, 0.15) is 5.82 Å². The van der Waals surface area contributed by atoms with Crippen LogP contribution in [0, 0.1) is 17.8 Å². The maximum atomic E-state index is 4.83. The molecule has 0 spiro atoms. The molecule has 3 rings (SSSR count). The molecule has 3 nitrogen and oxygen atoms in total. The van der Waals surface area contributed by atoms with Crippen molar-refractivity contribution >= 4 is 0 Å². The van der Waals surface area contributed by atoms with Gasteiger partial charge in [-0.1, -0.05) is 27.2 Å². The Bertz CT molecular complexity index is 513. The van der Waals surface area contributed by atoms with Crippen LogP contribution in [0.5, 0.6) is 0 Å². The van der Waals surface area contributed by atoms with Crippen molar-refractivity contribution in [3.05, 3.63) is 17.7 Å². The highest BCUT2D eigenvalue weighted by atomic mass is 15.2. The quantitative estimate of drug-likeness (QED) is 0.763. The molecule has 1 fully saturated rings. The molecule has 0 N–H and O–H groups in total. The summed E-state index contributed by atoms with van der Waals surface area (Å²) in [6.45, 7) is 13.2. The Morgan fingerprint density at radius 3 is 2.50 bits per heavy atom. The Kier molecular flexibility index (Phi) is 6.02. The molecule has 3 heteroatoms. The summed E-state index contributed by atoms with van der Waals surface area (Å²) in [4.78, 5) is 7.51. The first kappa shape index (κ1) is 18.0. The van der Waals surface area contributed by atoms with E-state index in [1.165, 1.54) is 76.1 Å². The van der Waals surface area contributed by atoms with Crippen molar-refractivity contribution < 1.29 is 0 Å². The number of hydrogen-bond acceptors (Lipinski definition) is 2.